The van der Waals surface area contributed by atoms with Crippen LogP contribution in [0.2, 0.25) is 0 Å². The molecule has 0 spiro atoms. The van der Waals surface area contributed by atoms with E-state index in [0.29, 0.717) is 54.0 Å². The molecule has 0 unspecified atom stereocenters. The van der Waals surface area contributed by atoms with Crippen molar-refractivity contribution in [3.63, 3.8) is 0 Å². The van der Waals surface area contributed by atoms with E-state index in [0.717, 1.165) is 10.4 Å². The molecule has 0 aliphatic heterocycles. The Labute approximate surface area is 212 Å². The summed E-state index contributed by atoms with van der Waals surface area (Å²) < 4.78 is 1.84. The third kappa shape index (κ3) is 4.67. The van der Waals surface area contributed by atoms with Crippen LogP contribution in [0, 0.1) is 11.3 Å². The van der Waals surface area contributed by atoms with Crippen molar-refractivity contribution in [2.75, 3.05) is 5.32 Å². The number of pyridine rings is 2. The minimum Gasteiger partial charge on any atom is -0.383 e. The molecule has 36 heavy (non-hydrogen) atoms. The monoisotopic (exact) mass is 501 g/mol. The maximum atomic E-state index is 13.3. The van der Waals surface area contributed by atoms with Crippen molar-refractivity contribution in [1.29, 1.82) is 5.26 Å². The molecule has 5 rings (SSSR count). The predicted molar refractivity (Wildman–Crippen MR) is 138 cm³/mol. The number of aromatic nitrogens is 4. The van der Waals surface area contributed by atoms with E-state index in [9.17, 15) is 9.90 Å². The molecular weight excluding hydrogens is 474 g/mol. The second kappa shape index (κ2) is 9.68. The molecule has 0 aromatic carbocycles. The fraction of sp³-hybridized carbons (Fsp3) is 0.346. The molecule has 4 heterocycles. The fourth-order valence-electron chi connectivity index (χ4n) is 4.63. The van der Waals surface area contributed by atoms with Gasteiger partial charge in [0.15, 0.2) is 0 Å². The highest BCUT2D eigenvalue weighted by atomic mass is 32.1. The summed E-state index contributed by atoms with van der Waals surface area (Å²) in [6.45, 7) is 4.02. The van der Waals surface area contributed by atoms with Crippen LogP contribution in [0.4, 0.5) is 5.69 Å². The van der Waals surface area contributed by atoms with Gasteiger partial charge in [-0.1, -0.05) is 0 Å². The first kappa shape index (κ1) is 23.9. The summed E-state index contributed by atoms with van der Waals surface area (Å²) in [5.74, 6) is 0.420. The Bertz CT molecular complexity index is 1430. The average Bonchev–Trinajstić information content (AvgIpc) is 3.55. The van der Waals surface area contributed by atoms with Gasteiger partial charge in [-0.3, -0.25) is 9.36 Å². The minimum absolute atomic E-state index is 0.0313. The standard InChI is InChI=1S/C26H27N7O2S/c1-16(2)31-21-12-22(33-9-5-18-11-17(13-27)14-30-23(18)33)29-15-20(21)24(34)32-19-3-6-26(35,7-4-19)25-28-8-10-36-25/h5,8-12,14-16,19,35H,3-4,6-7H2,1-2H3,(H,29,31)(H,32,34). The molecule has 4 aromatic heterocycles. The smallest absolute Gasteiger partial charge is 0.255 e. The minimum atomic E-state index is -0.912. The van der Waals surface area contributed by atoms with Crippen molar-refractivity contribution < 1.29 is 9.90 Å². The number of carbonyl (C=O) groups is 1. The molecular formula is C26H27N7O2S. The van der Waals surface area contributed by atoms with Crippen molar-refractivity contribution in [2.45, 2.75) is 57.2 Å². The summed E-state index contributed by atoms with van der Waals surface area (Å²) in [7, 11) is 0. The maximum Gasteiger partial charge on any atom is 0.255 e. The Morgan fingerprint density at radius 2 is 2.06 bits per heavy atom. The first-order valence-corrected chi connectivity index (χ1v) is 12.8. The number of rotatable bonds is 6. The number of fused-ring (bicyclic) bond motifs is 1. The number of nitrogens with zero attached hydrogens (tertiary/aromatic N) is 5. The number of hydrogen-bond donors (Lipinski definition) is 3. The molecule has 1 saturated carbocycles. The number of aliphatic hydroxyl groups is 1. The van der Waals surface area contributed by atoms with E-state index in [4.69, 9.17) is 5.26 Å². The Kier molecular flexibility index (Phi) is 6.43. The molecule has 3 N–H and O–H groups in total. The van der Waals surface area contributed by atoms with Crippen LogP contribution in [0.15, 0.2) is 48.4 Å². The zero-order valence-electron chi connectivity index (χ0n) is 20.1. The molecule has 0 saturated heterocycles. The molecule has 1 aliphatic carbocycles. The summed E-state index contributed by atoms with van der Waals surface area (Å²) in [4.78, 5) is 26.5. The molecule has 4 aromatic rings. The number of hydrogen-bond acceptors (Lipinski definition) is 8. The summed E-state index contributed by atoms with van der Waals surface area (Å²) >= 11 is 1.46. The van der Waals surface area contributed by atoms with E-state index in [1.54, 1.807) is 18.5 Å². The van der Waals surface area contributed by atoms with Crippen LogP contribution in [0.1, 0.15) is 60.5 Å². The first-order valence-electron chi connectivity index (χ1n) is 11.9. The summed E-state index contributed by atoms with van der Waals surface area (Å²) in [6, 6.07) is 7.69. The summed E-state index contributed by atoms with van der Waals surface area (Å²) in [6.07, 6.45) is 9.14. The van der Waals surface area contributed by atoms with Gasteiger partial charge in [-0.25, -0.2) is 15.0 Å². The van der Waals surface area contributed by atoms with Gasteiger partial charge in [0.05, 0.1) is 16.8 Å². The number of anilines is 1. The third-order valence-corrected chi connectivity index (χ3v) is 7.43. The van der Waals surface area contributed by atoms with Gasteiger partial charge in [0.25, 0.3) is 5.91 Å². The molecule has 0 atom stereocenters. The molecule has 10 heteroatoms. The van der Waals surface area contributed by atoms with Crippen molar-refractivity contribution in [3.05, 3.63) is 64.5 Å². The van der Waals surface area contributed by atoms with Gasteiger partial charge < -0.3 is 15.7 Å². The zero-order chi connectivity index (χ0) is 25.3. The van der Waals surface area contributed by atoms with Gasteiger partial charge >= 0.3 is 0 Å². The highest BCUT2D eigenvalue weighted by molar-refractivity contribution is 7.09. The summed E-state index contributed by atoms with van der Waals surface area (Å²) in [5.41, 5.74) is 1.41. The van der Waals surface area contributed by atoms with Gasteiger partial charge in [-0.05, 0) is 51.7 Å². The van der Waals surface area contributed by atoms with E-state index in [2.05, 4.69) is 31.7 Å². The molecule has 1 amide bonds. The SMILES string of the molecule is CC(C)Nc1cc(-n2ccc3cc(C#N)cnc32)ncc1C(=O)NC1CCC(O)(c2nccs2)CC1. The Morgan fingerprint density at radius 1 is 1.25 bits per heavy atom. The van der Waals surface area contributed by atoms with E-state index in [-0.39, 0.29) is 18.0 Å². The van der Waals surface area contributed by atoms with E-state index < -0.39 is 5.60 Å². The second-order valence-corrected chi connectivity index (χ2v) is 10.3. The number of carbonyl (C=O) groups excluding carboxylic acids is 1. The third-order valence-electron chi connectivity index (χ3n) is 6.46. The highest BCUT2D eigenvalue weighted by Gasteiger charge is 2.37. The van der Waals surface area contributed by atoms with Gasteiger partial charge in [0, 0.05) is 53.7 Å². The second-order valence-electron chi connectivity index (χ2n) is 9.44. The van der Waals surface area contributed by atoms with Crippen LogP contribution < -0.4 is 10.6 Å². The van der Waals surface area contributed by atoms with E-state index in [1.807, 2.05) is 42.1 Å². The molecule has 0 bridgehead atoms. The van der Waals surface area contributed by atoms with Gasteiger partial charge in [0.2, 0.25) is 0 Å². The van der Waals surface area contributed by atoms with Gasteiger partial charge in [0.1, 0.15) is 28.1 Å². The lowest BCUT2D eigenvalue weighted by Crippen LogP contribution is -2.42. The van der Waals surface area contributed by atoms with Gasteiger partial charge in [-0.15, -0.1) is 11.3 Å². The number of thiazole rings is 1. The van der Waals surface area contributed by atoms with Crippen LogP contribution in [-0.2, 0) is 5.60 Å². The molecule has 1 aliphatic rings. The van der Waals surface area contributed by atoms with E-state index in [1.165, 1.54) is 17.5 Å². The van der Waals surface area contributed by atoms with Crippen LogP contribution in [0.3, 0.4) is 0 Å². The first-order chi connectivity index (χ1) is 17.4. The van der Waals surface area contributed by atoms with Crippen LogP contribution in [-0.4, -0.2) is 42.6 Å². The number of nitrogens with one attached hydrogen (secondary N) is 2. The molecule has 0 radical (unpaired) electrons. The number of nitriles is 1. The Morgan fingerprint density at radius 3 is 2.75 bits per heavy atom. The van der Waals surface area contributed by atoms with Crippen LogP contribution in [0.5, 0.6) is 0 Å². The summed E-state index contributed by atoms with van der Waals surface area (Å²) in [5, 5.41) is 30.1. The quantitative estimate of drug-likeness (QED) is 0.362. The van der Waals surface area contributed by atoms with Crippen LogP contribution in [0.25, 0.3) is 16.9 Å². The predicted octanol–water partition coefficient (Wildman–Crippen LogP) is 4.13. The molecule has 9 nitrogen and oxygen atoms in total. The molecule has 184 valence electrons. The Balaban J connectivity index is 1.36. The van der Waals surface area contributed by atoms with Crippen LogP contribution >= 0.6 is 11.3 Å². The van der Waals surface area contributed by atoms with E-state index >= 15 is 0 Å². The zero-order valence-corrected chi connectivity index (χ0v) is 20.9. The lowest BCUT2D eigenvalue weighted by Gasteiger charge is -2.34. The highest BCUT2D eigenvalue weighted by Crippen LogP contribution is 2.38. The molecule has 1 fully saturated rings. The number of amides is 1. The maximum absolute atomic E-state index is 13.3. The lowest BCUT2D eigenvalue weighted by molar-refractivity contribution is -0.00819. The van der Waals surface area contributed by atoms with Gasteiger partial charge in [-0.2, -0.15) is 5.26 Å². The Hall–Kier alpha value is -3.81. The lowest BCUT2D eigenvalue weighted by atomic mass is 9.82. The fourth-order valence-corrected chi connectivity index (χ4v) is 5.42. The van der Waals surface area contributed by atoms with Crippen molar-refractivity contribution in [1.82, 2.24) is 24.8 Å². The van der Waals surface area contributed by atoms with Crippen molar-refractivity contribution in [3.8, 4) is 11.9 Å². The van der Waals surface area contributed by atoms with Crippen molar-refractivity contribution >= 4 is 34.0 Å². The largest absolute Gasteiger partial charge is 0.383 e. The normalized spacial score (nSPS) is 19.8. The van der Waals surface area contributed by atoms with Crippen molar-refractivity contribution in [2.24, 2.45) is 0 Å². The topological polar surface area (TPSA) is 129 Å². The average molecular weight is 502 g/mol.